The van der Waals surface area contributed by atoms with E-state index in [4.69, 9.17) is 11.6 Å². The summed E-state index contributed by atoms with van der Waals surface area (Å²) in [4.78, 5) is 20.7. The van der Waals surface area contributed by atoms with E-state index < -0.39 is 0 Å². The van der Waals surface area contributed by atoms with Gasteiger partial charge in [0.05, 0.1) is 23.6 Å². The average Bonchev–Trinajstić information content (AvgIpc) is 2.61. The van der Waals surface area contributed by atoms with Gasteiger partial charge in [-0.1, -0.05) is 17.7 Å². The Hall–Kier alpha value is -2.40. The molecule has 0 aliphatic carbocycles. The number of carbonyl (C=O) groups excluding carboxylic acids is 1. The molecule has 0 unspecified atom stereocenters. The second-order valence-corrected chi connectivity index (χ2v) is 6.60. The average molecular weight is 376 g/mol. The highest BCUT2D eigenvalue weighted by atomic mass is 35.5. The third-order valence-corrected chi connectivity index (χ3v) is 4.42. The van der Waals surface area contributed by atoms with Crippen LogP contribution < -0.4 is 4.90 Å². The molecule has 0 aliphatic heterocycles. The first-order valence-electron chi connectivity index (χ1n) is 8.36. The van der Waals surface area contributed by atoms with Gasteiger partial charge in [0.25, 0.3) is 0 Å². The van der Waals surface area contributed by atoms with Crippen molar-refractivity contribution in [1.82, 2.24) is 4.90 Å². The van der Waals surface area contributed by atoms with Crippen LogP contribution in [0.5, 0.6) is 0 Å². The van der Waals surface area contributed by atoms with Gasteiger partial charge in [0, 0.05) is 31.9 Å². The molecule has 0 N–H and O–H groups in total. The third-order valence-electron chi connectivity index (χ3n) is 4.11. The quantitative estimate of drug-likeness (QED) is 0.399. The molecule has 0 atom stereocenters. The van der Waals surface area contributed by atoms with Crippen molar-refractivity contribution in [1.29, 1.82) is 0 Å². The van der Waals surface area contributed by atoms with Gasteiger partial charge in [0.15, 0.2) is 5.78 Å². The number of Topliss-reactive ketones (excluding diaryl/α,β-unsaturated/α-hetero) is 1. The Morgan fingerprint density at radius 3 is 2.65 bits per heavy atom. The maximum atomic E-state index is 13.4. The fourth-order valence-electron chi connectivity index (χ4n) is 2.37. The first kappa shape index (κ1) is 19.9. The fourth-order valence-corrected chi connectivity index (χ4v) is 2.63. The molecule has 0 aromatic heterocycles. The van der Waals surface area contributed by atoms with Crippen LogP contribution in [0, 0.1) is 12.7 Å². The molecule has 0 spiro atoms. The Kier molecular flexibility index (Phi) is 6.75. The van der Waals surface area contributed by atoms with Crippen molar-refractivity contribution in [3.05, 3.63) is 58.4 Å². The molecule has 2 aromatic carbocycles. The molecule has 0 saturated carbocycles. The lowest BCUT2D eigenvalue weighted by molar-refractivity contribution is 0.100. The molecule has 6 heteroatoms. The SMILES string of the molecule is CCN(C)/C=N\c1cc(Cl)c(C(=O)CN(C)c2cccc(F)c2)cc1C. The molecule has 0 fully saturated rings. The largest absolute Gasteiger partial charge is 0.367 e. The second kappa shape index (κ2) is 8.81. The zero-order valence-electron chi connectivity index (χ0n) is 15.5. The molecule has 2 rings (SSSR count). The second-order valence-electron chi connectivity index (χ2n) is 6.20. The zero-order chi connectivity index (χ0) is 19.3. The normalized spacial score (nSPS) is 11.0. The number of likely N-dealkylation sites (N-methyl/N-ethyl adjacent to an activating group) is 1. The molecule has 26 heavy (non-hydrogen) atoms. The summed E-state index contributed by atoms with van der Waals surface area (Å²) in [5, 5.41) is 0.361. The fraction of sp³-hybridized carbons (Fsp3) is 0.300. The zero-order valence-corrected chi connectivity index (χ0v) is 16.2. The molecule has 0 heterocycles. The highest BCUT2D eigenvalue weighted by molar-refractivity contribution is 6.34. The number of nitrogens with zero attached hydrogens (tertiary/aromatic N) is 3. The van der Waals surface area contributed by atoms with Crippen LogP contribution in [0.2, 0.25) is 5.02 Å². The van der Waals surface area contributed by atoms with Gasteiger partial charge >= 0.3 is 0 Å². The van der Waals surface area contributed by atoms with E-state index in [9.17, 15) is 9.18 Å². The smallest absolute Gasteiger partial charge is 0.183 e. The Labute approximate surface area is 158 Å². The van der Waals surface area contributed by atoms with Gasteiger partial charge in [-0.2, -0.15) is 0 Å². The number of carbonyl (C=O) groups is 1. The van der Waals surface area contributed by atoms with Gasteiger partial charge in [-0.25, -0.2) is 9.38 Å². The Morgan fingerprint density at radius 2 is 2.00 bits per heavy atom. The van der Waals surface area contributed by atoms with Crippen LogP contribution in [0.4, 0.5) is 15.8 Å². The number of anilines is 1. The summed E-state index contributed by atoms with van der Waals surface area (Å²) < 4.78 is 13.4. The Morgan fingerprint density at radius 1 is 1.27 bits per heavy atom. The van der Waals surface area contributed by atoms with Crippen molar-refractivity contribution in [3.8, 4) is 0 Å². The summed E-state index contributed by atoms with van der Waals surface area (Å²) in [6.07, 6.45) is 1.73. The molecular formula is C20H23ClFN3O. The van der Waals surface area contributed by atoms with Gasteiger partial charge < -0.3 is 9.80 Å². The lowest BCUT2D eigenvalue weighted by Crippen LogP contribution is -2.26. The molecule has 0 radical (unpaired) electrons. The van der Waals surface area contributed by atoms with E-state index in [0.29, 0.717) is 16.3 Å². The predicted molar refractivity (Wildman–Crippen MR) is 107 cm³/mol. The van der Waals surface area contributed by atoms with E-state index in [-0.39, 0.29) is 18.1 Å². The van der Waals surface area contributed by atoms with E-state index >= 15 is 0 Å². The summed E-state index contributed by atoms with van der Waals surface area (Å²) in [6.45, 7) is 4.87. The highest BCUT2D eigenvalue weighted by Gasteiger charge is 2.15. The summed E-state index contributed by atoms with van der Waals surface area (Å²) in [5.74, 6) is -0.471. The van der Waals surface area contributed by atoms with Crippen LogP contribution >= 0.6 is 11.6 Å². The summed E-state index contributed by atoms with van der Waals surface area (Å²) in [7, 11) is 3.67. The molecule has 2 aromatic rings. The number of halogens is 2. The number of aliphatic imine (C=N–C) groups is 1. The monoisotopic (exact) mass is 375 g/mol. The van der Waals surface area contributed by atoms with Crippen molar-refractivity contribution < 1.29 is 9.18 Å². The van der Waals surface area contributed by atoms with Crippen LogP contribution in [0.1, 0.15) is 22.8 Å². The standard InChI is InChI=1S/C20H23ClFN3O/c1-5-24(3)13-23-19-11-18(21)17(9-14(19)2)20(26)12-25(4)16-8-6-7-15(22)10-16/h6-11,13H,5,12H2,1-4H3/b23-13-. The maximum Gasteiger partial charge on any atom is 0.183 e. The molecule has 0 bridgehead atoms. The van der Waals surface area contributed by atoms with E-state index in [1.54, 1.807) is 42.6 Å². The van der Waals surface area contributed by atoms with E-state index in [1.165, 1.54) is 12.1 Å². The minimum absolute atomic E-state index is 0.101. The number of ketones is 1. The first-order valence-corrected chi connectivity index (χ1v) is 8.74. The van der Waals surface area contributed by atoms with Crippen LogP contribution in [-0.2, 0) is 0 Å². The van der Waals surface area contributed by atoms with Crippen LogP contribution in [0.25, 0.3) is 0 Å². The van der Waals surface area contributed by atoms with Gasteiger partial charge in [-0.3, -0.25) is 4.79 Å². The Balaban J connectivity index is 2.19. The third kappa shape index (κ3) is 5.05. The Bertz CT molecular complexity index is 823. The number of hydrogen-bond acceptors (Lipinski definition) is 3. The minimum atomic E-state index is -0.338. The summed E-state index contributed by atoms with van der Waals surface area (Å²) in [6, 6.07) is 9.58. The predicted octanol–water partition coefficient (Wildman–Crippen LogP) is 4.72. The van der Waals surface area contributed by atoms with Crippen molar-refractivity contribution in [2.24, 2.45) is 4.99 Å². The van der Waals surface area contributed by atoms with Crippen LogP contribution in [-0.4, -0.2) is 44.2 Å². The van der Waals surface area contributed by atoms with E-state index in [0.717, 1.165) is 17.8 Å². The van der Waals surface area contributed by atoms with Gasteiger partial charge in [0.2, 0.25) is 0 Å². The number of hydrogen-bond donors (Lipinski definition) is 0. The maximum absolute atomic E-state index is 13.4. The van der Waals surface area contributed by atoms with Crippen molar-refractivity contribution in [3.63, 3.8) is 0 Å². The van der Waals surface area contributed by atoms with Crippen LogP contribution in [0.3, 0.4) is 0 Å². The van der Waals surface area contributed by atoms with Crippen molar-refractivity contribution >= 4 is 35.1 Å². The van der Waals surface area contributed by atoms with Gasteiger partial charge in [0.1, 0.15) is 5.82 Å². The number of aryl methyl sites for hydroxylation is 1. The minimum Gasteiger partial charge on any atom is -0.367 e. The molecular weight excluding hydrogens is 353 g/mol. The van der Waals surface area contributed by atoms with Crippen molar-refractivity contribution in [2.75, 3.05) is 32.1 Å². The highest BCUT2D eigenvalue weighted by Crippen LogP contribution is 2.28. The molecule has 0 saturated heterocycles. The van der Waals surface area contributed by atoms with E-state index in [2.05, 4.69) is 4.99 Å². The summed E-state index contributed by atoms with van der Waals surface area (Å²) in [5.41, 5.74) is 2.67. The van der Waals surface area contributed by atoms with Gasteiger partial charge in [-0.15, -0.1) is 0 Å². The lowest BCUT2D eigenvalue weighted by Gasteiger charge is -2.19. The lowest BCUT2D eigenvalue weighted by atomic mass is 10.1. The first-order chi connectivity index (χ1) is 12.3. The summed E-state index contributed by atoms with van der Waals surface area (Å²) >= 11 is 6.31. The topological polar surface area (TPSA) is 35.9 Å². The van der Waals surface area contributed by atoms with Crippen LogP contribution in [0.15, 0.2) is 41.4 Å². The molecule has 138 valence electrons. The molecule has 4 nitrogen and oxygen atoms in total. The number of rotatable bonds is 7. The molecule has 0 aliphatic rings. The van der Waals surface area contributed by atoms with Crippen molar-refractivity contribution in [2.45, 2.75) is 13.8 Å². The van der Waals surface area contributed by atoms with E-state index in [1.807, 2.05) is 25.8 Å². The molecule has 0 amide bonds. The van der Waals surface area contributed by atoms with Gasteiger partial charge in [-0.05, 0) is 49.7 Å². The number of benzene rings is 2.